The van der Waals surface area contributed by atoms with Crippen molar-refractivity contribution in [3.8, 4) is 17.0 Å². The number of nitrogens with zero attached hydrogens (tertiary/aromatic N) is 1. The number of nitrogens with two attached hydrogens (primary N) is 1. The number of aromatic nitrogens is 1. The largest absolute Gasteiger partial charge is 0.573 e. The molecule has 0 aliphatic carbocycles. The minimum Gasteiger partial charge on any atom is -0.406 e. The molecule has 1 aromatic carbocycles. The Labute approximate surface area is 111 Å². The first-order chi connectivity index (χ1) is 8.85. The summed E-state index contributed by atoms with van der Waals surface area (Å²) in [7, 11) is 0. The molecule has 3 nitrogen and oxygen atoms in total. The van der Waals surface area contributed by atoms with Crippen LogP contribution < -0.4 is 10.5 Å². The normalized spacial score (nSPS) is 13.3. The van der Waals surface area contributed by atoms with Gasteiger partial charge in [0.2, 0.25) is 0 Å². The van der Waals surface area contributed by atoms with Gasteiger partial charge in [0.25, 0.3) is 0 Å². The molecule has 0 saturated carbocycles. The summed E-state index contributed by atoms with van der Waals surface area (Å²) in [5, 5.41) is 2.60. The Balaban J connectivity index is 2.17. The zero-order chi connectivity index (χ0) is 14.0. The van der Waals surface area contributed by atoms with E-state index in [1.54, 1.807) is 0 Å². The van der Waals surface area contributed by atoms with Gasteiger partial charge in [0.1, 0.15) is 10.8 Å². The van der Waals surface area contributed by atoms with Gasteiger partial charge >= 0.3 is 6.36 Å². The maximum atomic E-state index is 12.0. The first-order valence-corrected chi connectivity index (χ1v) is 6.30. The predicted octanol–water partition coefficient (Wildman–Crippen LogP) is 3.73. The Morgan fingerprint density at radius 3 is 2.37 bits per heavy atom. The molecule has 7 heteroatoms. The van der Waals surface area contributed by atoms with E-state index < -0.39 is 6.36 Å². The molecule has 0 saturated heterocycles. The fraction of sp³-hybridized carbons (Fsp3) is 0.250. The van der Waals surface area contributed by atoms with Crippen LogP contribution in [-0.4, -0.2) is 11.3 Å². The van der Waals surface area contributed by atoms with Crippen molar-refractivity contribution in [1.82, 2.24) is 4.98 Å². The van der Waals surface area contributed by atoms with E-state index in [4.69, 9.17) is 5.73 Å². The topological polar surface area (TPSA) is 48.1 Å². The summed E-state index contributed by atoms with van der Waals surface area (Å²) in [6.45, 7) is 1.82. The Morgan fingerprint density at radius 2 is 1.89 bits per heavy atom. The molecule has 1 atom stereocenters. The Hall–Kier alpha value is -1.60. The highest BCUT2D eigenvalue weighted by atomic mass is 32.1. The average molecular weight is 288 g/mol. The molecule has 1 aromatic heterocycles. The van der Waals surface area contributed by atoms with Crippen LogP contribution in [0.3, 0.4) is 0 Å². The molecule has 0 spiro atoms. The number of halogens is 3. The molecule has 0 unspecified atom stereocenters. The van der Waals surface area contributed by atoms with Crippen molar-refractivity contribution in [1.29, 1.82) is 0 Å². The second-order valence-electron chi connectivity index (χ2n) is 3.93. The van der Waals surface area contributed by atoms with Crippen molar-refractivity contribution in [2.45, 2.75) is 19.3 Å². The van der Waals surface area contributed by atoms with Crippen molar-refractivity contribution in [3.63, 3.8) is 0 Å². The maximum Gasteiger partial charge on any atom is 0.573 e. The smallest absolute Gasteiger partial charge is 0.406 e. The highest BCUT2D eigenvalue weighted by Gasteiger charge is 2.30. The summed E-state index contributed by atoms with van der Waals surface area (Å²) in [5.74, 6) is -0.251. The lowest BCUT2D eigenvalue weighted by Crippen LogP contribution is -2.16. The number of thiazole rings is 1. The average Bonchev–Trinajstić information content (AvgIpc) is 2.77. The van der Waals surface area contributed by atoms with Gasteiger partial charge < -0.3 is 10.5 Å². The third-order valence-electron chi connectivity index (χ3n) is 2.30. The molecule has 0 amide bonds. The van der Waals surface area contributed by atoms with Crippen molar-refractivity contribution < 1.29 is 17.9 Å². The van der Waals surface area contributed by atoms with E-state index in [0.29, 0.717) is 5.69 Å². The Kier molecular flexibility index (Phi) is 3.77. The lowest BCUT2D eigenvalue weighted by atomic mass is 10.2. The van der Waals surface area contributed by atoms with Gasteiger partial charge in [0, 0.05) is 10.9 Å². The van der Waals surface area contributed by atoms with E-state index in [9.17, 15) is 13.2 Å². The summed E-state index contributed by atoms with van der Waals surface area (Å²) < 4.78 is 39.8. The molecule has 0 radical (unpaired) electrons. The van der Waals surface area contributed by atoms with Gasteiger partial charge in [0.15, 0.2) is 0 Å². The minimum atomic E-state index is -4.68. The van der Waals surface area contributed by atoms with Crippen LogP contribution in [0.1, 0.15) is 18.0 Å². The fourth-order valence-corrected chi connectivity index (χ4v) is 2.24. The Morgan fingerprint density at radius 1 is 1.26 bits per heavy atom. The van der Waals surface area contributed by atoms with Crippen molar-refractivity contribution in [2.75, 3.05) is 0 Å². The lowest BCUT2D eigenvalue weighted by molar-refractivity contribution is -0.274. The van der Waals surface area contributed by atoms with Gasteiger partial charge in [-0.3, -0.25) is 0 Å². The summed E-state index contributed by atoms with van der Waals surface area (Å²) in [6.07, 6.45) is -4.68. The third-order valence-corrected chi connectivity index (χ3v) is 3.34. The van der Waals surface area contributed by atoms with E-state index in [-0.39, 0.29) is 11.8 Å². The van der Waals surface area contributed by atoms with Crippen LogP contribution in [-0.2, 0) is 0 Å². The van der Waals surface area contributed by atoms with E-state index >= 15 is 0 Å². The second kappa shape index (κ2) is 5.18. The van der Waals surface area contributed by atoms with Gasteiger partial charge in [-0.2, -0.15) is 0 Å². The highest BCUT2D eigenvalue weighted by Crippen LogP contribution is 2.28. The van der Waals surface area contributed by atoms with E-state index in [1.165, 1.54) is 35.6 Å². The molecule has 19 heavy (non-hydrogen) atoms. The van der Waals surface area contributed by atoms with E-state index in [2.05, 4.69) is 9.72 Å². The maximum absolute atomic E-state index is 12.0. The van der Waals surface area contributed by atoms with E-state index in [0.717, 1.165) is 10.6 Å². The van der Waals surface area contributed by atoms with Gasteiger partial charge in [0.05, 0.1) is 11.7 Å². The monoisotopic (exact) mass is 288 g/mol. The Bertz CT molecular complexity index is 549. The highest BCUT2D eigenvalue weighted by molar-refractivity contribution is 7.10. The minimum absolute atomic E-state index is 0.161. The van der Waals surface area contributed by atoms with Crippen LogP contribution >= 0.6 is 11.3 Å². The molecule has 0 fully saturated rings. The van der Waals surface area contributed by atoms with Crippen molar-refractivity contribution in [2.24, 2.45) is 5.73 Å². The zero-order valence-corrected chi connectivity index (χ0v) is 10.8. The summed E-state index contributed by atoms with van der Waals surface area (Å²) in [6, 6.07) is 5.41. The van der Waals surface area contributed by atoms with Crippen LogP contribution in [0.2, 0.25) is 0 Å². The first kappa shape index (κ1) is 13.8. The van der Waals surface area contributed by atoms with Crippen LogP contribution in [0, 0.1) is 0 Å². The molecule has 102 valence electrons. The number of hydrogen-bond donors (Lipinski definition) is 1. The quantitative estimate of drug-likeness (QED) is 0.936. The molecular formula is C12H11F3N2OS. The standard InChI is InChI=1S/C12H11F3N2OS/c1-7(16)11-17-10(6-19-11)8-2-4-9(5-3-8)18-12(13,14)15/h2-7H,16H2,1H3/t7-/m0/s1. The number of benzene rings is 1. The van der Waals surface area contributed by atoms with E-state index in [1.807, 2.05) is 12.3 Å². The number of rotatable bonds is 3. The molecule has 0 bridgehead atoms. The van der Waals surface area contributed by atoms with Crippen molar-refractivity contribution >= 4 is 11.3 Å². The molecule has 2 N–H and O–H groups in total. The van der Waals surface area contributed by atoms with Gasteiger partial charge in [-0.05, 0) is 31.2 Å². The molecular weight excluding hydrogens is 277 g/mol. The molecule has 0 aliphatic heterocycles. The molecule has 0 aliphatic rings. The first-order valence-electron chi connectivity index (χ1n) is 5.42. The summed E-state index contributed by atoms with van der Waals surface area (Å²) in [5.41, 5.74) is 7.11. The van der Waals surface area contributed by atoms with Crippen LogP contribution in [0.4, 0.5) is 13.2 Å². The number of alkyl halides is 3. The second-order valence-corrected chi connectivity index (χ2v) is 4.82. The summed E-state index contributed by atoms with van der Waals surface area (Å²) >= 11 is 1.42. The van der Waals surface area contributed by atoms with Gasteiger partial charge in [-0.25, -0.2) is 4.98 Å². The third kappa shape index (κ3) is 3.68. The predicted molar refractivity (Wildman–Crippen MR) is 66.8 cm³/mol. The molecule has 1 heterocycles. The molecule has 2 aromatic rings. The SMILES string of the molecule is C[C@H](N)c1nc(-c2ccc(OC(F)(F)F)cc2)cs1. The van der Waals surface area contributed by atoms with Crippen LogP contribution in [0.5, 0.6) is 5.75 Å². The molecule has 2 rings (SSSR count). The van der Waals surface area contributed by atoms with Crippen LogP contribution in [0.15, 0.2) is 29.6 Å². The number of ether oxygens (including phenoxy) is 1. The van der Waals surface area contributed by atoms with Crippen LogP contribution in [0.25, 0.3) is 11.3 Å². The lowest BCUT2D eigenvalue weighted by Gasteiger charge is -2.08. The van der Waals surface area contributed by atoms with Gasteiger partial charge in [-0.15, -0.1) is 24.5 Å². The number of hydrogen-bond acceptors (Lipinski definition) is 4. The van der Waals surface area contributed by atoms with Gasteiger partial charge in [-0.1, -0.05) is 0 Å². The fourth-order valence-electron chi connectivity index (χ4n) is 1.46. The van der Waals surface area contributed by atoms with Crippen molar-refractivity contribution in [3.05, 3.63) is 34.7 Å². The zero-order valence-electron chi connectivity index (χ0n) is 9.94. The summed E-state index contributed by atoms with van der Waals surface area (Å²) in [4.78, 5) is 4.31.